The third-order valence-electron chi connectivity index (χ3n) is 3.72. The summed E-state index contributed by atoms with van der Waals surface area (Å²) in [7, 11) is 0. The zero-order valence-electron chi connectivity index (χ0n) is 11.8. The number of amides is 2. The summed E-state index contributed by atoms with van der Waals surface area (Å²) in [5.41, 5.74) is 3.75. The van der Waals surface area contributed by atoms with Gasteiger partial charge in [-0.3, -0.25) is 15.0 Å². The van der Waals surface area contributed by atoms with Crippen molar-refractivity contribution < 1.29 is 9.59 Å². The van der Waals surface area contributed by atoms with Crippen LogP contribution < -0.4 is 10.7 Å². The molecule has 0 aromatic heterocycles. The molecule has 2 heterocycles. The van der Waals surface area contributed by atoms with E-state index >= 15 is 0 Å². The van der Waals surface area contributed by atoms with Crippen LogP contribution in [0.5, 0.6) is 0 Å². The topological polar surface area (TPSA) is 61.4 Å². The number of fused-ring (bicyclic) bond motifs is 1. The molecule has 0 aliphatic carbocycles. The molecule has 1 atom stereocenters. The van der Waals surface area contributed by atoms with Gasteiger partial charge < -0.3 is 5.32 Å². The monoisotopic (exact) mass is 305 g/mol. The Balaban J connectivity index is 1.57. The Morgan fingerprint density at radius 2 is 2.05 bits per heavy atom. The van der Waals surface area contributed by atoms with E-state index in [4.69, 9.17) is 0 Å². The van der Waals surface area contributed by atoms with Crippen molar-refractivity contribution in [3.05, 3.63) is 24.3 Å². The fourth-order valence-electron chi connectivity index (χ4n) is 2.62. The Bertz CT molecular complexity index is 543. The van der Waals surface area contributed by atoms with Gasteiger partial charge in [-0.1, -0.05) is 18.6 Å². The first-order valence-electron chi connectivity index (χ1n) is 7.33. The highest BCUT2D eigenvalue weighted by Gasteiger charge is 2.29. The van der Waals surface area contributed by atoms with Gasteiger partial charge in [0.15, 0.2) is 0 Å². The van der Waals surface area contributed by atoms with Crippen LogP contribution in [-0.2, 0) is 9.59 Å². The smallest absolute Gasteiger partial charge is 0.238 e. The van der Waals surface area contributed by atoms with Gasteiger partial charge in [-0.05, 0) is 25.0 Å². The van der Waals surface area contributed by atoms with E-state index in [0.717, 1.165) is 36.5 Å². The number of nitrogens with zero attached hydrogens (tertiary/aromatic N) is 1. The van der Waals surface area contributed by atoms with Crippen LogP contribution in [-0.4, -0.2) is 35.2 Å². The normalized spacial score (nSPS) is 22.3. The second-order valence-corrected chi connectivity index (χ2v) is 6.62. The Kier molecular flexibility index (Phi) is 4.45. The molecule has 2 aliphatic heterocycles. The van der Waals surface area contributed by atoms with Crippen LogP contribution in [0.3, 0.4) is 0 Å². The van der Waals surface area contributed by atoms with Gasteiger partial charge >= 0.3 is 0 Å². The van der Waals surface area contributed by atoms with Crippen LogP contribution in [0, 0.1) is 0 Å². The molecule has 112 valence electrons. The number of benzene rings is 1. The van der Waals surface area contributed by atoms with E-state index in [0.29, 0.717) is 0 Å². The largest absolute Gasteiger partial charge is 0.324 e. The van der Waals surface area contributed by atoms with Gasteiger partial charge in [0.05, 0.1) is 10.9 Å². The number of thioether (sulfide) groups is 1. The molecule has 6 heteroatoms. The summed E-state index contributed by atoms with van der Waals surface area (Å²) in [5, 5.41) is 4.47. The number of hydrogen-bond donors (Lipinski definition) is 2. The van der Waals surface area contributed by atoms with E-state index in [1.165, 1.54) is 18.2 Å². The van der Waals surface area contributed by atoms with Gasteiger partial charge in [-0.2, -0.15) is 0 Å². The highest BCUT2D eigenvalue weighted by molar-refractivity contribution is 8.01. The SMILES string of the molecule is O=C(C[C@@H]1Sc2ccccc2NC1=O)NN1CCCCC1. The molecule has 0 saturated carbocycles. The number of piperidine rings is 1. The maximum atomic E-state index is 12.1. The van der Waals surface area contributed by atoms with Gasteiger partial charge in [0.2, 0.25) is 11.8 Å². The number of carbonyl (C=O) groups is 2. The molecule has 2 amide bonds. The predicted octanol–water partition coefficient (Wildman–Crippen LogP) is 2.01. The molecule has 21 heavy (non-hydrogen) atoms. The molecule has 1 aromatic carbocycles. The van der Waals surface area contributed by atoms with Crippen molar-refractivity contribution in [2.24, 2.45) is 0 Å². The zero-order chi connectivity index (χ0) is 14.7. The van der Waals surface area contributed by atoms with Crippen molar-refractivity contribution in [1.82, 2.24) is 10.4 Å². The highest BCUT2D eigenvalue weighted by Crippen LogP contribution is 2.36. The lowest BCUT2D eigenvalue weighted by Crippen LogP contribution is -2.46. The maximum Gasteiger partial charge on any atom is 0.238 e. The molecule has 1 fully saturated rings. The van der Waals surface area contributed by atoms with E-state index in [-0.39, 0.29) is 23.5 Å². The van der Waals surface area contributed by atoms with Crippen LogP contribution in [0.1, 0.15) is 25.7 Å². The molecular formula is C15H19N3O2S. The Morgan fingerprint density at radius 3 is 2.86 bits per heavy atom. The molecule has 1 saturated heterocycles. The standard InChI is InChI=1S/C15H19N3O2S/c19-14(17-18-8-4-1-5-9-18)10-13-15(20)16-11-6-2-3-7-12(11)21-13/h2-3,6-7,13H,1,4-5,8-10H2,(H,16,20)(H,17,19)/t13-/m0/s1. The first kappa shape index (κ1) is 14.4. The fraction of sp³-hybridized carbons (Fsp3) is 0.467. The van der Waals surface area contributed by atoms with E-state index in [1.807, 2.05) is 29.3 Å². The van der Waals surface area contributed by atoms with Crippen LogP contribution in [0.2, 0.25) is 0 Å². The van der Waals surface area contributed by atoms with Crippen LogP contribution in [0.4, 0.5) is 5.69 Å². The van der Waals surface area contributed by atoms with Crippen molar-refractivity contribution in [3.63, 3.8) is 0 Å². The lowest BCUT2D eigenvalue weighted by atomic mass is 10.2. The lowest BCUT2D eigenvalue weighted by molar-refractivity contribution is -0.128. The first-order chi connectivity index (χ1) is 10.2. The quantitative estimate of drug-likeness (QED) is 0.897. The Labute approximate surface area is 128 Å². The maximum absolute atomic E-state index is 12.1. The molecule has 1 aromatic rings. The van der Waals surface area contributed by atoms with Gasteiger partial charge in [0, 0.05) is 24.4 Å². The average molecular weight is 305 g/mol. The number of hydrogen-bond acceptors (Lipinski definition) is 4. The van der Waals surface area contributed by atoms with Crippen LogP contribution in [0.15, 0.2) is 29.2 Å². The molecule has 0 spiro atoms. The Hall–Kier alpha value is -1.53. The second kappa shape index (κ2) is 6.49. The Morgan fingerprint density at radius 1 is 1.29 bits per heavy atom. The second-order valence-electron chi connectivity index (χ2n) is 5.38. The summed E-state index contributed by atoms with van der Waals surface area (Å²) >= 11 is 1.46. The number of hydrazine groups is 1. The minimum atomic E-state index is -0.357. The summed E-state index contributed by atoms with van der Waals surface area (Å²) in [4.78, 5) is 25.2. The predicted molar refractivity (Wildman–Crippen MR) is 82.9 cm³/mol. The summed E-state index contributed by atoms with van der Waals surface area (Å²) in [6.45, 7) is 1.80. The molecule has 0 radical (unpaired) electrons. The van der Waals surface area contributed by atoms with Crippen molar-refractivity contribution in [2.45, 2.75) is 35.8 Å². The first-order valence-corrected chi connectivity index (χ1v) is 8.21. The molecule has 2 N–H and O–H groups in total. The molecule has 2 aliphatic rings. The van der Waals surface area contributed by atoms with E-state index in [9.17, 15) is 9.59 Å². The van der Waals surface area contributed by atoms with Crippen molar-refractivity contribution in [3.8, 4) is 0 Å². The number of carbonyl (C=O) groups excluding carboxylic acids is 2. The molecule has 0 unspecified atom stereocenters. The molecule has 3 rings (SSSR count). The average Bonchev–Trinajstić information content (AvgIpc) is 2.49. The fourth-order valence-corrected chi connectivity index (χ4v) is 3.73. The molecule has 5 nitrogen and oxygen atoms in total. The van der Waals surface area contributed by atoms with Gasteiger partial charge in [0.25, 0.3) is 0 Å². The minimum absolute atomic E-state index is 0.0797. The van der Waals surface area contributed by atoms with Crippen molar-refractivity contribution in [2.75, 3.05) is 18.4 Å². The van der Waals surface area contributed by atoms with Crippen LogP contribution in [0.25, 0.3) is 0 Å². The van der Waals surface area contributed by atoms with Gasteiger partial charge in [-0.15, -0.1) is 11.8 Å². The zero-order valence-corrected chi connectivity index (χ0v) is 12.6. The van der Waals surface area contributed by atoms with Crippen LogP contribution >= 0.6 is 11.8 Å². The highest BCUT2D eigenvalue weighted by atomic mass is 32.2. The van der Waals surface area contributed by atoms with Gasteiger partial charge in [0.1, 0.15) is 0 Å². The number of nitrogens with one attached hydrogen (secondary N) is 2. The summed E-state index contributed by atoms with van der Waals surface area (Å²) < 4.78 is 0. The van der Waals surface area contributed by atoms with Crippen molar-refractivity contribution in [1.29, 1.82) is 0 Å². The van der Waals surface area contributed by atoms with E-state index in [1.54, 1.807) is 0 Å². The number of para-hydroxylation sites is 1. The summed E-state index contributed by atoms with van der Waals surface area (Å²) in [5.74, 6) is -0.170. The number of anilines is 1. The molecular weight excluding hydrogens is 286 g/mol. The van der Waals surface area contributed by atoms with E-state index in [2.05, 4.69) is 10.7 Å². The third kappa shape index (κ3) is 3.57. The summed E-state index contributed by atoms with van der Waals surface area (Å²) in [6, 6.07) is 7.68. The number of rotatable bonds is 3. The van der Waals surface area contributed by atoms with Gasteiger partial charge in [-0.25, -0.2) is 5.01 Å². The molecule has 0 bridgehead atoms. The lowest BCUT2D eigenvalue weighted by Gasteiger charge is -2.28. The third-order valence-corrected chi connectivity index (χ3v) is 4.99. The minimum Gasteiger partial charge on any atom is -0.324 e. The summed E-state index contributed by atoms with van der Waals surface area (Å²) in [6.07, 6.45) is 3.67. The van der Waals surface area contributed by atoms with E-state index < -0.39 is 0 Å². The van der Waals surface area contributed by atoms with Crippen molar-refractivity contribution >= 4 is 29.3 Å².